The number of ether oxygens (including phenoxy) is 1. The second-order valence-corrected chi connectivity index (χ2v) is 5.89. The summed E-state index contributed by atoms with van der Waals surface area (Å²) in [7, 11) is 0. The van der Waals surface area contributed by atoms with E-state index in [9.17, 15) is 14.4 Å². The number of benzene rings is 1. The number of hydrogen-bond donors (Lipinski definition) is 1. The summed E-state index contributed by atoms with van der Waals surface area (Å²) in [6, 6.07) is 6.60. The van der Waals surface area contributed by atoms with E-state index >= 15 is 0 Å². The summed E-state index contributed by atoms with van der Waals surface area (Å²) < 4.78 is 5.13. The van der Waals surface area contributed by atoms with Crippen molar-refractivity contribution < 1.29 is 19.1 Å². The molecule has 24 heavy (non-hydrogen) atoms. The lowest BCUT2D eigenvalue weighted by atomic mass is 9.95. The van der Waals surface area contributed by atoms with Crippen LogP contribution in [0.5, 0.6) is 0 Å². The van der Waals surface area contributed by atoms with Gasteiger partial charge in [0, 0.05) is 17.7 Å². The van der Waals surface area contributed by atoms with Crippen molar-refractivity contribution in [2.75, 3.05) is 11.9 Å². The highest BCUT2D eigenvalue weighted by atomic mass is 16.5. The molecule has 1 amide bonds. The number of Topliss-reactive ketones (excluding diaryl/α,β-unsaturated/α-hetero) is 1. The van der Waals surface area contributed by atoms with Gasteiger partial charge in [0.1, 0.15) is 0 Å². The fourth-order valence-electron chi connectivity index (χ4n) is 2.54. The fraction of sp³-hybridized carbons (Fsp3) is 0.421. The zero-order valence-corrected chi connectivity index (χ0v) is 13.9. The summed E-state index contributed by atoms with van der Waals surface area (Å²) in [5.74, 6) is -0.747. The molecule has 0 radical (unpaired) electrons. The molecule has 0 bridgehead atoms. The normalized spacial score (nSPS) is 16.5. The summed E-state index contributed by atoms with van der Waals surface area (Å²) in [5.41, 5.74) is 1.11. The van der Waals surface area contributed by atoms with Gasteiger partial charge < -0.3 is 10.1 Å². The Bertz CT molecular complexity index is 619. The third-order valence-corrected chi connectivity index (χ3v) is 3.92. The lowest BCUT2D eigenvalue weighted by molar-refractivity contribution is -0.147. The molecule has 2 rings (SSSR count). The number of nitrogens with one attached hydrogen (secondary N) is 1. The van der Waals surface area contributed by atoms with Gasteiger partial charge in [0.2, 0.25) is 5.91 Å². The van der Waals surface area contributed by atoms with Gasteiger partial charge in [0.25, 0.3) is 0 Å². The van der Waals surface area contributed by atoms with Crippen LogP contribution < -0.4 is 5.32 Å². The van der Waals surface area contributed by atoms with Gasteiger partial charge >= 0.3 is 5.97 Å². The van der Waals surface area contributed by atoms with E-state index in [1.807, 2.05) is 13.0 Å². The molecule has 128 valence electrons. The van der Waals surface area contributed by atoms with Crippen molar-refractivity contribution >= 4 is 23.3 Å². The van der Waals surface area contributed by atoms with Gasteiger partial charge in [-0.15, -0.1) is 0 Å². The van der Waals surface area contributed by atoms with Crippen molar-refractivity contribution in [3.8, 4) is 0 Å². The molecule has 5 nitrogen and oxygen atoms in total. The molecule has 1 aliphatic rings. The Labute approximate surface area is 142 Å². The Morgan fingerprint density at radius 2 is 1.92 bits per heavy atom. The molecule has 1 atom stereocenters. The number of hydrogen-bond acceptors (Lipinski definition) is 4. The lowest BCUT2D eigenvalue weighted by Gasteiger charge is -2.16. The van der Waals surface area contributed by atoms with Crippen molar-refractivity contribution in [2.45, 2.75) is 39.0 Å². The topological polar surface area (TPSA) is 72.5 Å². The summed E-state index contributed by atoms with van der Waals surface area (Å²) in [6.07, 6.45) is 7.60. The molecule has 0 heterocycles. The molecular formula is C19H23NO4. The molecule has 0 aromatic heterocycles. The quantitative estimate of drug-likeness (QED) is 0.472. The van der Waals surface area contributed by atoms with Crippen LogP contribution in [0.3, 0.4) is 0 Å². The van der Waals surface area contributed by atoms with Crippen LogP contribution in [0.4, 0.5) is 5.69 Å². The summed E-state index contributed by atoms with van der Waals surface area (Å²) >= 11 is 0. The molecule has 0 aliphatic heterocycles. The number of carbonyl (C=O) groups excluding carboxylic acids is 3. The van der Waals surface area contributed by atoms with Gasteiger partial charge in [-0.1, -0.05) is 19.1 Å². The number of esters is 1. The van der Waals surface area contributed by atoms with Crippen LogP contribution in [-0.4, -0.2) is 24.3 Å². The third kappa shape index (κ3) is 5.33. The van der Waals surface area contributed by atoms with E-state index in [2.05, 4.69) is 11.4 Å². The Hall–Kier alpha value is -2.43. The molecule has 0 fully saturated rings. The maximum absolute atomic E-state index is 12.1. The highest BCUT2D eigenvalue weighted by Crippen LogP contribution is 2.19. The first-order valence-corrected chi connectivity index (χ1v) is 8.35. The maximum atomic E-state index is 12.1. The predicted molar refractivity (Wildman–Crippen MR) is 91.8 cm³/mol. The molecular weight excluding hydrogens is 306 g/mol. The summed E-state index contributed by atoms with van der Waals surface area (Å²) in [5, 5.41) is 2.76. The largest absolute Gasteiger partial charge is 0.457 e. The third-order valence-electron chi connectivity index (χ3n) is 3.92. The first-order chi connectivity index (χ1) is 11.6. The Kier molecular flexibility index (Phi) is 6.73. The van der Waals surface area contributed by atoms with Crippen LogP contribution in [0.15, 0.2) is 36.4 Å². The predicted octanol–water partition coefficient (Wildman–Crippen LogP) is 3.51. The van der Waals surface area contributed by atoms with Gasteiger partial charge in [0.05, 0.1) is 5.92 Å². The van der Waals surface area contributed by atoms with Gasteiger partial charge in [-0.05, 0) is 49.9 Å². The molecule has 0 saturated heterocycles. The Morgan fingerprint density at radius 3 is 2.54 bits per heavy atom. The van der Waals surface area contributed by atoms with Crippen LogP contribution in [0, 0.1) is 5.92 Å². The second-order valence-electron chi connectivity index (χ2n) is 5.89. The van der Waals surface area contributed by atoms with E-state index in [1.165, 1.54) is 0 Å². The standard InChI is InChI=1S/C19H23NO4/c1-2-6-18(22)20-16-11-9-14(10-12-16)17(21)13-24-19(23)15-7-4-3-5-8-15/h3-4,9-12,15H,2,5-8,13H2,1H3,(H,20,22)/t15-/m1/s1. The number of rotatable bonds is 7. The minimum atomic E-state index is -0.309. The number of amides is 1. The van der Waals surface area contributed by atoms with E-state index in [1.54, 1.807) is 24.3 Å². The van der Waals surface area contributed by atoms with E-state index in [0.717, 1.165) is 19.3 Å². The molecule has 0 spiro atoms. The summed E-state index contributed by atoms with van der Waals surface area (Å²) in [6.45, 7) is 1.69. The van der Waals surface area contributed by atoms with Crippen molar-refractivity contribution in [1.82, 2.24) is 0 Å². The number of allylic oxidation sites excluding steroid dienone is 2. The van der Waals surface area contributed by atoms with E-state index in [-0.39, 0.29) is 30.2 Å². The van der Waals surface area contributed by atoms with Crippen LogP contribution in [0.2, 0.25) is 0 Å². The molecule has 1 aromatic rings. The van der Waals surface area contributed by atoms with E-state index in [0.29, 0.717) is 24.1 Å². The first kappa shape index (κ1) is 17.9. The van der Waals surface area contributed by atoms with Gasteiger partial charge in [-0.2, -0.15) is 0 Å². The van der Waals surface area contributed by atoms with Crippen molar-refractivity contribution in [2.24, 2.45) is 5.92 Å². The highest BCUT2D eigenvalue weighted by molar-refractivity contribution is 5.99. The highest BCUT2D eigenvalue weighted by Gasteiger charge is 2.21. The lowest BCUT2D eigenvalue weighted by Crippen LogP contribution is -2.22. The molecule has 1 aliphatic carbocycles. The molecule has 1 N–H and O–H groups in total. The van der Waals surface area contributed by atoms with E-state index in [4.69, 9.17) is 4.74 Å². The average Bonchev–Trinajstić information content (AvgIpc) is 2.61. The van der Waals surface area contributed by atoms with E-state index < -0.39 is 0 Å². The van der Waals surface area contributed by atoms with Crippen LogP contribution in [0.1, 0.15) is 49.4 Å². The Morgan fingerprint density at radius 1 is 1.17 bits per heavy atom. The molecule has 5 heteroatoms. The molecule has 1 aromatic carbocycles. The second kappa shape index (κ2) is 9.01. The van der Waals surface area contributed by atoms with Gasteiger partial charge in [0.15, 0.2) is 12.4 Å². The molecule has 0 unspecified atom stereocenters. The first-order valence-electron chi connectivity index (χ1n) is 8.35. The minimum absolute atomic E-state index is 0.0490. The smallest absolute Gasteiger partial charge is 0.309 e. The zero-order valence-electron chi connectivity index (χ0n) is 13.9. The van der Waals surface area contributed by atoms with Crippen LogP contribution in [-0.2, 0) is 14.3 Å². The van der Waals surface area contributed by atoms with Gasteiger partial charge in [-0.25, -0.2) is 0 Å². The number of carbonyl (C=O) groups is 3. The minimum Gasteiger partial charge on any atom is -0.457 e. The number of ketones is 1. The van der Waals surface area contributed by atoms with Crippen LogP contribution in [0.25, 0.3) is 0 Å². The molecule has 0 saturated carbocycles. The van der Waals surface area contributed by atoms with Crippen molar-refractivity contribution in [3.05, 3.63) is 42.0 Å². The van der Waals surface area contributed by atoms with Gasteiger partial charge in [-0.3, -0.25) is 14.4 Å². The monoisotopic (exact) mass is 329 g/mol. The summed E-state index contributed by atoms with van der Waals surface area (Å²) in [4.78, 5) is 35.5. The average molecular weight is 329 g/mol. The van der Waals surface area contributed by atoms with Crippen molar-refractivity contribution in [1.29, 1.82) is 0 Å². The van der Waals surface area contributed by atoms with Crippen molar-refractivity contribution in [3.63, 3.8) is 0 Å². The maximum Gasteiger partial charge on any atom is 0.309 e. The van der Waals surface area contributed by atoms with Crippen LogP contribution >= 0.6 is 0 Å². The Balaban J connectivity index is 1.82. The number of anilines is 1. The zero-order chi connectivity index (χ0) is 17.4. The fourth-order valence-corrected chi connectivity index (χ4v) is 2.54. The SMILES string of the molecule is CCCC(=O)Nc1ccc(C(=O)COC(=O)[C@@H]2CC=CCC2)cc1.